The third-order valence-electron chi connectivity index (χ3n) is 6.07. The first-order valence-corrected chi connectivity index (χ1v) is 17.3. The number of nitrogens with two attached hydrogens (primary N) is 1. The molecule has 6 rings (SSSR count). The maximum atomic E-state index is 15.8. The molecule has 2 aliphatic heterocycles. The predicted molar refractivity (Wildman–Crippen MR) is 146 cm³/mol. The second-order valence-corrected chi connectivity index (χ2v) is 14.9. The normalized spacial score (nSPS) is 31.6. The number of rotatable bonds is 1. The molecular formula is C18H19ClFN9O8P2S2. The third kappa shape index (κ3) is 5.79. The van der Waals surface area contributed by atoms with Crippen LogP contribution in [0.4, 0.5) is 10.3 Å². The number of anilines is 1. The number of H-pyrrole nitrogens is 1. The standard InChI is InChI=1S/C18H19ClFN9O8P2S2/c19-7-3-8-14(22-4-7)28-1-2-33-38(31,40)34-5-9-11(20)13(37-39(32,41)35-6-10(28)23-8)17(36-9)29-15-12(26-27-29)16(30)25-18(21)24-15/h3-4,9,11,13,17H,1-2,5-6H2,(H,31,40)(H,32,41)(H3,21,24,25,30)/t9-,11-,13-,17-,38?,39?/m1/s1. The maximum Gasteiger partial charge on any atom is 0.387 e. The number of fused-ring (bicyclic) bond motifs is 6. The lowest BCUT2D eigenvalue weighted by atomic mass is 10.1. The van der Waals surface area contributed by atoms with Crippen molar-refractivity contribution in [3.05, 3.63) is 33.5 Å². The van der Waals surface area contributed by atoms with E-state index < -0.39 is 56.9 Å². The van der Waals surface area contributed by atoms with E-state index in [-0.39, 0.29) is 36.1 Å². The lowest BCUT2D eigenvalue weighted by Gasteiger charge is -2.23. The van der Waals surface area contributed by atoms with Crippen LogP contribution in [0.25, 0.3) is 22.3 Å². The average molecular weight is 670 g/mol. The zero-order chi connectivity index (χ0) is 29.1. The Morgan fingerprint density at radius 1 is 1.29 bits per heavy atom. The molecule has 0 amide bonds. The molecule has 17 nitrogen and oxygen atoms in total. The van der Waals surface area contributed by atoms with Crippen molar-refractivity contribution in [2.75, 3.05) is 18.9 Å². The van der Waals surface area contributed by atoms with Crippen molar-refractivity contribution in [1.29, 1.82) is 0 Å². The molecular weight excluding hydrogens is 651 g/mol. The van der Waals surface area contributed by atoms with Crippen LogP contribution in [0.5, 0.6) is 0 Å². The molecule has 6 atom stereocenters. The van der Waals surface area contributed by atoms with Crippen LogP contribution < -0.4 is 11.3 Å². The molecule has 0 saturated carbocycles. The van der Waals surface area contributed by atoms with Gasteiger partial charge in [0.05, 0.1) is 18.2 Å². The van der Waals surface area contributed by atoms with E-state index in [1.165, 1.54) is 6.20 Å². The van der Waals surface area contributed by atoms with Crippen LogP contribution >= 0.6 is 37.4 Å². The fraction of sp³-hybridized carbons (Fsp3) is 0.444. The first-order chi connectivity index (χ1) is 19.4. The molecule has 41 heavy (non-hydrogen) atoms. The Labute approximate surface area is 243 Å². The van der Waals surface area contributed by atoms with Gasteiger partial charge < -0.3 is 29.0 Å². The smallest absolute Gasteiger partial charge is 0.369 e. The number of hydrogen-bond acceptors (Lipinski definition) is 14. The number of aromatic amines is 1. The Balaban J connectivity index is 1.38. The van der Waals surface area contributed by atoms with E-state index in [1.54, 1.807) is 10.6 Å². The van der Waals surface area contributed by atoms with Gasteiger partial charge in [0.2, 0.25) is 5.95 Å². The molecule has 0 aromatic carbocycles. The van der Waals surface area contributed by atoms with Crippen molar-refractivity contribution in [3.8, 4) is 0 Å². The summed E-state index contributed by atoms with van der Waals surface area (Å²) in [6, 6.07) is 1.56. The van der Waals surface area contributed by atoms with Crippen LogP contribution in [0, 0.1) is 0 Å². The zero-order valence-corrected chi connectivity index (χ0v) is 24.6. The quantitative estimate of drug-likeness (QED) is 0.167. The summed E-state index contributed by atoms with van der Waals surface area (Å²) < 4.78 is 59.2. The number of nitrogens with zero attached hydrogens (tertiary/aromatic N) is 7. The minimum atomic E-state index is -4.35. The molecule has 1 fully saturated rings. The lowest BCUT2D eigenvalue weighted by molar-refractivity contribution is -0.0520. The van der Waals surface area contributed by atoms with Crippen molar-refractivity contribution in [1.82, 2.24) is 39.5 Å². The van der Waals surface area contributed by atoms with Gasteiger partial charge in [0.15, 0.2) is 29.2 Å². The number of nitrogen functional groups attached to an aromatic ring is 1. The van der Waals surface area contributed by atoms with Crippen molar-refractivity contribution < 1.29 is 36.7 Å². The number of pyridine rings is 1. The number of hydrogen-bond donors (Lipinski definition) is 4. The van der Waals surface area contributed by atoms with Crippen LogP contribution in [0.1, 0.15) is 12.1 Å². The Kier molecular flexibility index (Phi) is 7.69. The second kappa shape index (κ2) is 10.9. The van der Waals surface area contributed by atoms with Crippen molar-refractivity contribution in [2.45, 2.75) is 37.8 Å². The number of ether oxygens (including phenoxy) is 1. The van der Waals surface area contributed by atoms with Gasteiger partial charge in [-0.1, -0.05) is 29.1 Å². The fourth-order valence-electron chi connectivity index (χ4n) is 4.32. The molecule has 1 saturated heterocycles. The Morgan fingerprint density at radius 2 is 2.10 bits per heavy atom. The number of alkyl halides is 1. The van der Waals surface area contributed by atoms with Crippen LogP contribution in [0.15, 0.2) is 17.1 Å². The van der Waals surface area contributed by atoms with Gasteiger partial charge >= 0.3 is 13.5 Å². The first kappa shape index (κ1) is 29.0. The molecule has 0 radical (unpaired) electrons. The Hall–Kier alpha value is -2.09. The monoisotopic (exact) mass is 669 g/mol. The molecule has 6 heterocycles. The average Bonchev–Trinajstić information content (AvgIpc) is 3.55. The highest BCUT2D eigenvalue weighted by atomic mass is 35.5. The number of halogens is 2. The van der Waals surface area contributed by atoms with E-state index in [0.29, 0.717) is 16.2 Å². The summed E-state index contributed by atoms with van der Waals surface area (Å²) in [6.07, 6.45) is -5.30. The minimum absolute atomic E-state index is 0.0782. The highest BCUT2D eigenvalue weighted by Gasteiger charge is 2.51. The van der Waals surface area contributed by atoms with Gasteiger partial charge in [-0.3, -0.25) is 18.8 Å². The third-order valence-corrected chi connectivity index (χ3v) is 9.49. The summed E-state index contributed by atoms with van der Waals surface area (Å²) in [5.41, 5.74) is 5.33. The molecule has 23 heteroatoms. The van der Waals surface area contributed by atoms with Gasteiger partial charge in [0.25, 0.3) is 5.56 Å². The summed E-state index contributed by atoms with van der Waals surface area (Å²) in [5, 5.41) is 7.91. The summed E-state index contributed by atoms with van der Waals surface area (Å²) in [4.78, 5) is 37.8. The van der Waals surface area contributed by atoms with Gasteiger partial charge in [-0.2, -0.15) is 9.67 Å². The van der Waals surface area contributed by atoms with Crippen LogP contribution in [0.2, 0.25) is 5.02 Å². The molecule has 2 unspecified atom stereocenters. The highest BCUT2D eigenvalue weighted by molar-refractivity contribution is 8.44. The Bertz CT molecular complexity index is 1810. The maximum absolute atomic E-state index is 15.8. The topological polar surface area (TPSA) is 217 Å². The van der Waals surface area contributed by atoms with E-state index in [1.807, 2.05) is 0 Å². The van der Waals surface area contributed by atoms with Crippen molar-refractivity contribution in [3.63, 3.8) is 0 Å². The SMILES string of the molecule is Nc1nc2c(nnn2[C@@H]2O[C@@H]3COP(O)(=S)OCCn4c(nc5cc(Cl)cnc54)COP(=O)(S)O[C@@H]2[C@@H]3F)c(=O)[nH]1. The molecule has 2 bridgehead atoms. The van der Waals surface area contributed by atoms with Gasteiger partial charge in [0.1, 0.15) is 30.2 Å². The number of thiol groups is 1. The van der Waals surface area contributed by atoms with E-state index in [2.05, 4.69) is 42.5 Å². The molecule has 4 N–H and O–H groups in total. The fourth-order valence-corrected chi connectivity index (χ4v) is 6.97. The minimum Gasteiger partial charge on any atom is -0.369 e. The van der Waals surface area contributed by atoms with Gasteiger partial charge in [-0.15, -0.1) is 5.10 Å². The van der Waals surface area contributed by atoms with Gasteiger partial charge in [0, 0.05) is 12.7 Å². The molecule has 4 aromatic rings. The zero-order valence-electron chi connectivity index (χ0n) is 20.3. The Morgan fingerprint density at radius 3 is 2.90 bits per heavy atom. The molecule has 4 aromatic heterocycles. The van der Waals surface area contributed by atoms with Crippen molar-refractivity contribution >= 4 is 77.4 Å². The summed E-state index contributed by atoms with van der Waals surface area (Å²) in [5.74, 6) is -0.0546. The van der Waals surface area contributed by atoms with E-state index >= 15 is 4.39 Å². The molecule has 220 valence electrons. The molecule has 2 aliphatic rings. The van der Waals surface area contributed by atoms with Crippen molar-refractivity contribution in [2.24, 2.45) is 0 Å². The summed E-state index contributed by atoms with van der Waals surface area (Å²) >= 11 is 15.2. The van der Waals surface area contributed by atoms with Crippen LogP contribution in [-0.4, -0.2) is 76.0 Å². The highest BCUT2D eigenvalue weighted by Crippen LogP contribution is 2.57. The lowest BCUT2D eigenvalue weighted by Crippen LogP contribution is -2.32. The summed E-state index contributed by atoms with van der Waals surface area (Å²) in [6.45, 7) is -9.33. The van der Waals surface area contributed by atoms with Crippen LogP contribution in [0.3, 0.4) is 0 Å². The van der Waals surface area contributed by atoms with E-state index in [4.69, 9.17) is 52.0 Å². The number of nitrogens with one attached hydrogen (secondary N) is 1. The largest absolute Gasteiger partial charge is 0.387 e. The first-order valence-electron chi connectivity index (χ1n) is 11.6. The molecule has 0 aliphatic carbocycles. The van der Waals surface area contributed by atoms with E-state index in [9.17, 15) is 14.3 Å². The number of imidazole rings is 1. The number of aromatic nitrogens is 8. The van der Waals surface area contributed by atoms with E-state index in [0.717, 1.165) is 4.68 Å². The predicted octanol–water partition coefficient (Wildman–Crippen LogP) is 1.63. The summed E-state index contributed by atoms with van der Waals surface area (Å²) in [7, 11) is 0. The molecule has 0 spiro atoms. The van der Waals surface area contributed by atoms with Gasteiger partial charge in [-0.05, 0) is 17.9 Å². The van der Waals surface area contributed by atoms with Gasteiger partial charge in [-0.25, -0.2) is 18.9 Å². The van der Waals surface area contributed by atoms with Crippen LogP contribution in [-0.2, 0) is 52.4 Å². The second-order valence-electron chi connectivity index (χ2n) is 8.75.